The third kappa shape index (κ3) is 5.73. The third-order valence-electron chi connectivity index (χ3n) is 16.7. The Morgan fingerprint density at radius 3 is 1.32 bits per heavy atom. The van der Waals surface area contributed by atoms with Gasteiger partial charge in [-0.2, -0.15) is 0 Å². The molecular formula is C44H78. The molecule has 6 aliphatic rings. The Morgan fingerprint density at radius 2 is 0.886 bits per heavy atom. The molecule has 0 aromatic heterocycles. The van der Waals surface area contributed by atoms with Crippen LogP contribution in [0, 0.1) is 63.6 Å². The van der Waals surface area contributed by atoms with Crippen LogP contribution in [-0.4, -0.2) is 0 Å². The smallest absolute Gasteiger partial charge is 0.0120 e. The van der Waals surface area contributed by atoms with E-state index in [0.29, 0.717) is 16.2 Å². The maximum absolute atomic E-state index is 2.93. The summed E-state index contributed by atoms with van der Waals surface area (Å²) >= 11 is 0. The van der Waals surface area contributed by atoms with Crippen LogP contribution in [0.1, 0.15) is 214 Å². The molecule has 0 saturated heterocycles. The molecule has 0 spiro atoms. The lowest BCUT2D eigenvalue weighted by Gasteiger charge is -2.79. The summed E-state index contributed by atoms with van der Waals surface area (Å²) in [5, 5.41) is 0. The molecule has 0 aliphatic heterocycles. The molecule has 6 saturated carbocycles. The molecular weight excluding hydrogens is 528 g/mol. The Bertz CT molecular complexity index is 821. The largest absolute Gasteiger partial charge is 0.0651 e. The summed E-state index contributed by atoms with van der Waals surface area (Å²) in [7, 11) is 0. The van der Waals surface area contributed by atoms with Crippen LogP contribution in [0.2, 0.25) is 0 Å². The molecule has 4 unspecified atom stereocenters. The lowest BCUT2D eigenvalue weighted by Crippen LogP contribution is -2.73. The van der Waals surface area contributed by atoms with Gasteiger partial charge in [0.1, 0.15) is 0 Å². The number of hydrogen-bond acceptors (Lipinski definition) is 0. The van der Waals surface area contributed by atoms with E-state index in [0.717, 1.165) is 47.3 Å². The Hall–Kier alpha value is 0. The summed E-state index contributed by atoms with van der Waals surface area (Å²) in [6.07, 6.45) is 45.3. The van der Waals surface area contributed by atoms with Crippen LogP contribution in [0.4, 0.5) is 0 Å². The number of hydrogen-bond donors (Lipinski definition) is 0. The molecule has 44 heavy (non-hydrogen) atoms. The summed E-state index contributed by atoms with van der Waals surface area (Å²) in [5.74, 6) is 7.84. The average molecular weight is 607 g/mol. The monoisotopic (exact) mass is 607 g/mol. The average Bonchev–Trinajstić information content (AvgIpc) is 3.09. The molecule has 0 heterocycles. The van der Waals surface area contributed by atoms with Crippen molar-refractivity contribution in [2.45, 2.75) is 214 Å². The van der Waals surface area contributed by atoms with Crippen molar-refractivity contribution in [3.8, 4) is 0 Å². The quantitative estimate of drug-likeness (QED) is 0.245. The van der Waals surface area contributed by atoms with Crippen LogP contribution >= 0.6 is 0 Å². The maximum atomic E-state index is 2.93. The predicted molar refractivity (Wildman–Crippen MR) is 192 cm³/mol. The fourth-order valence-electron chi connectivity index (χ4n) is 15.8. The standard InChI is InChI=1S/C44H78/c1-5-35(4)44(40-29-19-10-20-30-40)42(37-23-13-7-14-24-37,38-25-15-8-16-26-38)32-31-41(36-21-11-6-12-22-36)43(44,33-34(2)3)39-27-17-9-18-28-39/h34-41H,5-33H2,1-4H3. The summed E-state index contributed by atoms with van der Waals surface area (Å²) in [4.78, 5) is 0. The Kier molecular flexibility index (Phi) is 11.6. The fourth-order valence-corrected chi connectivity index (χ4v) is 15.8. The van der Waals surface area contributed by atoms with Crippen molar-refractivity contribution in [3.05, 3.63) is 0 Å². The second kappa shape index (κ2) is 15.0. The molecule has 254 valence electrons. The van der Waals surface area contributed by atoms with Crippen molar-refractivity contribution in [2.24, 2.45) is 63.6 Å². The molecule has 0 aromatic rings. The van der Waals surface area contributed by atoms with Crippen LogP contribution in [0.5, 0.6) is 0 Å². The van der Waals surface area contributed by atoms with Gasteiger partial charge in [-0.15, -0.1) is 0 Å². The van der Waals surface area contributed by atoms with Crippen LogP contribution in [-0.2, 0) is 0 Å². The van der Waals surface area contributed by atoms with Gasteiger partial charge in [-0.05, 0) is 134 Å². The zero-order chi connectivity index (χ0) is 30.6. The maximum Gasteiger partial charge on any atom is -0.0120 e. The van der Waals surface area contributed by atoms with Crippen LogP contribution < -0.4 is 0 Å². The van der Waals surface area contributed by atoms with Gasteiger partial charge in [0.2, 0.25) is 0 Å². The van der Waals surface area contributed by atoms with E-state index in [2.05, 4.69) is 27.7 Å². The fraction of sp³-hybridized carbons (Fsp3) is 1.00. The molecule has 0 nitrogen and oxygen atoms in total. The van der Waals surface area contributed by atoms with Gasteiger partial charge in [0.05, 0.1) is 0 Å². The SMILES string of the molecule is CCC(C)C1(C2CCCCC2)C(C2CCCCC2)(C2CCCCC2)CCC(C2CCCCC2)C1(CC(C)C)C1CCCCC1. The van der Waals surface area contributed by atoms with Crippen LogP contribution in [0.25, 0.3) is 0 Å². The number of rotatable bonds is 9. The molecule has 6 rings (SSSR count). The van der Waals surface area contributed by atoms with E-state index in [1.54, 1.807) is 148 Å². The van der Waals surface area contributed by atoms with Gasteiger partial charge >= 0.3 is 0 Å². The van der Waals surface area contributed by atoms with Crippen molar-refractivity contribution in [1.29, 1.82) is 0 Å². The molecule has 6 aliphatic carbocycles. The minimum absolute atomic E-state index is 0.561. The van der Waals surface area contributed by atoms with E-state index in [1.165, 1.54) is 38.5 Å². The summed E-state index contributed by atoms with van der Waals surface area (Å²) in [5.41, 5.74) is 1.75. The molecule has 0 amide bonds. The Balaban J connectivity index is 1.68. The van der Waals surface area contributed by atoms with Crippen LogP contribution in [0.3, 0.4) is 0 Å². The Morgan fingerprint density at radius 1 is 0.477 bits per heavy atom. The second-order valence-electron chi connectivity index (χ2n) is 18.7. The molecule has 0 heteroatoms. The van der Waals surface area contributed by atoms with Gasteiger partial charge in [-0.1, -0.05) is 143 Å². The molecule has 0 radical (unpaired) electrons. The highest BCUT2D eigenvalue weighted by molar-refractivity contribution is 5.23. The van der Waals surface area contributed by atoms with Gasteiger partial charge in [0.15, 0.2) is 0 Å². The molecule has 4 atom stereocenters. The van der Waals surface area contributed by atoms with E-state index in [1.807, 2.05) is 0 Å². The van der Waals surface area contributed by atoms with Gasteiger partial charge in [0, 0.05) is 0 Å². The molecule has 0 N–H and O–H groups in total. The normalized spacial score (nSPS) is 36.9. The molecule has 6 fully saturated rings. The van der Waals surface area contributed by atoms with E-state index in [-0.39, 0.29) is 0 Å². The highest BCUT2D eigenvalue weighted by Crippen LogP contribution is 2.81. The summed E-state index contributed by atoms with van der Waals surface area (Å²) in [6, 6.07) is 0. The second-order valence-corrected chi connectivity index (χ2v) is 18.7. The van der Waals surface area contributed by atoms with E-state index in [4.69, 9.17) is 0 Å². The van der Waals surface area contributed by atoms with Crippen LogP contribution in [0.15, 0.2) is 0 Å². The van der Waals surface area contributed by atoms with Crippen molar-refractivity contribution < 1.29 is 0 Å². The predicted octanol–water partition coefficient (Wildman–Crippen LogP) is 14.3. The van der Waals surface area contributed by atoms with Crippen molar-refractivity contribution in [2.75, 3.05) is 0 Å². The first kappa shape index (κ1) is 33.9. The van der Waals surface area contributed by atoms with Crippen molar-refractivity contribution in [3.63, 3.8) is 0 Å². The summed E-state index contributed by atoms with van der Waals surface area (Å²) < 4.78 is 0. The van der Waals surface area contributed by atoms with Gasteiger partial charge in [0.25, 0.3) is 0 Å². The first-order valence-corrected chi connectivity index (χ1v) is 21.5. The summed E-state index contributed by atoms with van der Waals surface area (Å²) in [6.45, 7) is 11.0. The van der Waals surface area contributed by atoms with E-state index >= 15 is 0 Å². The third-order valence-corrected chi connectivity index (χ3v) is 16.7. The highest BCUT2D eigenvalue weighted by atomic mass is 14.8. The topological polar surface area (TPSA) is 0 Å². The zero-order valence-electron chi connectivity index (χ0n) is 30.6. The molecule has 0 bridgehead atoms. The zero-order valence-corrected chi connectivity index (χ0v) is 30.6. The first-order valence-electron chi connectivity index (χ1n) is 21.5. The highest BCUT2D eigenvalue weighted by Gasteiger charge is 2.75. The van der Waals surface area contributed by atoms with Crippen molar-refractivity contribution >= 4 is 0 Å². The lowest BCUT2D eigenvalue weighted by atomic mass is 9.25. The van der Waals surface area contributed by atoms with Gasteiger partial charge in [-0.25, -0.2) is 0 Å². The van der Waals surface area contributed by atoms with E-state index < -0.39 is 0 Å². The van der Waals surface area contributed by atoms with Gasteiger partial charge < -0.3 is 0 Å². The minimum Gasteiger partial charge on any atom is -0.0651 e. The van der Waals surface area contributed by atoms with E-state index in [9.17, 15) is 0 Å². The minimum atomic E-state index is 0.561. The lowest BCUT2D eigenvalue weighted by molar-refractivity contribution is -0.310. The Labute approximate surface area is 276 Å². The van der Waals surface area contributed by atoms with Gasteiger partial charge in [-0.3, -0.25) is 0 Å². The first-order chi connectivity index (χ1) is 21.5. The van der Waals surface area contributed by atoms with Crippen molar-refractivity contribution in [1.82, 2.24) is 0 Å². The molecule has 0 aromatic carbocycles.